The average Bonchev–Trinajstić information content (AvgIpc) is 2.30. The average molecular weight is 242 g/mol. The van der Waals surface area contributed by atoms with Gasteiger partial charge in [0.15, 0.2) is 11.9 Å². The summed E-state index contributed by atoms with van der Waals surface area (Å²) < 4.78 is 17.1. The molecule has 92 valence electrons. The summed E-state index contributed by atoms with van der Waals surface area (Å²) in [7, 11) is 1.07. The van der Waals surface area contributed by atoms with Gasteiger partial charge in [-0.1, -0.05) is 0 Å². The van der Waals surface area contributed by atoms with E-state index < -0.39 is 35.8 Å². The first kappa shape index (κ1) is 13.1. The van der Waals surface area contributed by atoms with Crippen molar-refractivity contribution in [3.05, 3.63) is 29.6 Å². The second kappa shape index (κ2) is 5.40. The first-order valence-corrected chi connectivity index (χ1v) is 4.73. The van der Waals surface area contributed by atoms with Crippen molar-refractivity contribution in [1.82, 2.24) is 0 Å². The summed E-state index contributed by atoms with van der Waals surface area (Å²) in [5.74, 6) is -2.82. The number of carbonyl (C=O) groups is 2. The Balaban J connectivity index is 2.83. The first-order valence-electron chi connectivity index (χ1n) is 4.73. The van der Waals surface area contributed by atoms with Gasteiger partial charge in [0.25, 0.3) is 0 Å². The van der Waals surface area contributed by atoms with Crippen LogP contribution < -0.4 is 0 Å². The standard InChI is InChI=1S/C11H11FO5/c1-17-11(16)10(15)5-9(14)7-4-6(12)2-3-8(7)13/h2-4,10,13,15H,5H2,1H3/t10-/m0/s1. The predicted octanol–water partition coefficient (Wildman–Crippen LogP) is 0.638. The highest BCUT2D eigenvalue weighted by molar-refractivity contribution is 6.00. The van der Waals surface area contributed by atoms with Gasteiger partial charge in [-0.15, -0.1) is 0 Å². The van der Waals surface area contributed by atoms with Gasteiger partial charge in [0.05, 0.1) is 12.7 Å². The van der Waals surface area contributed by atoms with Crippen molar-refractivity contribution < 1.29 is 28.9 Å². The molecule has 1 aromatic carbocycles. The largest absolute Gasteiger partial charge is 0.507 e. The number of halogens is 1. The zero-order valence-corrected chi connectivity index (χ0v) is 9.01. The summed E-state index contributed by atoms with van der Waals surface area (Å²) >= 11 is 0. The van der Waals surface area contributed by atoms with E-state index in [1.54, 1.807) is 0 Å². The molecule has 0 spiro atoms. The zero-order valence-electron chi connectivity index (χ0n) is 9.01. The third kappa shape index (κ3) is 3.25. The molecule has 0 saturated heterocycles. The molecule has 0 unspecified atom stereocenters. The molecular formula is C11H11FO5. The minimum Gasteiger partial charge on any atom is -0.507 e. The summed E-state index contributed by atoms with van der Waals surface area (Å²) in [5, 5.41) is 18.6. The first-order chi connectivity index (χ1) is 7.95. The number of aliphatic hydroxyl groups is 1. The van der Waals surface area contributed by atoms with E-state index in [1.165, 1.54) is 0 Å². The minimum atomic E-state index is -1.63. The fourth-order valence-corrected chi connectivity index (χ4v) is 1.24. The zero-order chi connectivity index (χ0) is 13.0. The Labute approximate surface area is 96.4 Å². The molecular weight excluding hydrogens is 231 g/mol. The van der Waals surface area contributed by atoms with Gasteiger partial charge < -0.3 is 14.9 Å². The number of Topliss-reactive ketones (excluding diaryl/α,β-unsaturated/α-hetero) is 1. The molecule has 0 heterocycles. The lowest BCUT2D eigenvalue weighted by Crippen LogP contribution is -2.25. The van der Waals surface area contributed by atoms with Crippen molar-refractivity contribution in [2.75, 3.05) is 7.11 Å². The molecule has 5 nitrogen and oxygen atoms in total. The summed E-state index contributed by atoms with van der Waals surface area (Å²) in [5.41, 5.74) is -0.284. The van der Waals surface area contributed by atoms with Crippen molar-refractivity contribution in [3.63, 3.8) is 0 Å². The number of methoxy groups -OCH3 is 1. The number of esters is 1. The Bertz CT molecular complexity index is 443. The molecule has 17 heavy (non-hydrogen) atoms. The third-order valence-electron chi connectivity index (χ3n) is 2.11. The summed E-state index contributed by atoms with van der Waals surface area (Å²) in [6, 6.07) is 2.84. The van der Waals surface area contributed by atoms with Gasteiger partial charge in [0, 0.05) is 6.42 Å². The quantitative estimate of drug-likeness (QED) is 0.598. The maximum absolute atomic E-state index is 12.9. The van der Waals surface area contributed by atoms with Crippen LogP contribution in [0.3, 0.4) is 0 Å². The summed E-state index contributed by atoms with van der Waals surface area (Å²) in [6.45, 7) is 0. The summed E-state index contributed by atoms with van der Waals surface area (Å²) in [6.07, 6.45) is -2.21. The Morgan fingerprint density at radius 1 is 1.47 bits per heavy atom. The van der Waals surface area contributed by atoms with E-state index in [-0.39, 0.29) is 5.56 Å². The highest BCUT2D eigenvalue weighted by Crippen LogP contribution is 2.20. The Kier molecular flexibility index (Phi) is 4.17. The lowest BCUT2D eigenvalue weighted by molar-refractivity contribution is -0.150. The number of ether oxygens (including phenoxy) is 1. The van der Waals surface area contributed by atoms with E-state index in [2.05, 4.69) is 4.74 Å². The van der Waals surface area contributed by atoms with Gasteiger partial charge in [-0.25, -0.2) is 9.18 Å². The number of rotatable bonds is 4. The smallest absolute Gasteiger partial charge is 0.335 e. The van der Waals surface area contributed by atoms with Crippen LogP contribution in [0.2, 0.25) is 0 Å². The number of benzene rings is 1. The van der Waals surface area contributed by atoms with Crippen molar-refractivity contribution in [2.24, 2.45) is 0 Å². The number of carbonyl (C=O) groups excluding carboxylic acids is 2. The minimum absolute atomic E-state index is 0.284. The van der Waals surface area contributed by atoms with Crippen LogP contribution >= 0.6 is 0 Å². The fourth-order valence-electron chi connectivity index (χ4n) is 1.24. The van der Waals surface area contributed by atoms with Crippen molar-refractivity contribution >= 4 is 11.8 Å². The molecule has 1 rings (SSSR count). The Morgan fingerprint density at radius 3 is 2.71 bits per heavy atom. The molecule has 6 heteroatoms. The van der Waals surface area contributed by atoms with Crippen molar-refractivity contribution in [1.29, 1.82) is 0 Å². The Morgan fingerprint density at radius 2 is 2.12 bits per heavy atom. The van der Waals surface area contributed by atoms with Gasteiger partial charge in [-0.05, 0) is 18.2 Å². The molecule has 0 radical (unpaired) electrons. The number of phenolic OH excluding ortho intramolecular Hbond substituents is 1. The molecule has 0 amide bonds. The summed E-state index contributed by atoms with van der Waals surface area (Å²) in [4.78, 5) is 22.4. The number of ketones is 1. The normalized spacial score (nSPS) is 11.9. The lowest BCUT2D eigenvalue weighted by Gasteiger charge is -2.08. The van der Waals surface area contributed by atoms with E-state index in [0.29, 0.717) is 0 Å². The number of hydrogen-bond acceptors (Lipinski definition) is 5. The van der Waals surface area contributed by atoms with E-state index >= 15 is 0 Å². The SMILES string of the molecule is COC(=O)[C@@H](O)CC(=O)c1cc(F)ccc1O. The Hall–Kier alpha value is -1.95. The van der Waals surface area contributed by atoms with Crippen LogP contribution in [0.15, 0.2) is 18.2 Å². The van der Waals surface area contributed by atoms with Crippen LogP contribution in [-0.2, 0) is 9.53 Å². The van der Waals surface area contributed by atoms with Crippen LogP contribution in [0, 0.1) is 5.82 Å². The van der Waals surface area contributed by atoms with E-state index in [0.717, 1.165) is 25.3 Å². The molecule has 0 fully saturated rings. The molecule has 0 aliphatic heterocycles. The molecule has 0 bridgehead atoms. The van der Waals surface area contributed by atoms with Gasteiger partial charge >= 0.3 is 5.97 Å². The third-order valence-corrected chi connectivity index (χ3v) is 2.11. The van der Waals surface area contributed by atoms with Crippen LogP contribution in [0.4, 0.5) is 4.39 Å². The number of aromatic hydroxyl groups is 1. The van der Waals surface area contributed by atoms with Crippen LogP contribution in [0.1, 0.15) is 16.8 Å². The number of aliphatic hydroxyl groups excluding tert-OH is 1. The van der Waals surface area contributed by atoms with E-state index in [9.17, 15) is 24.2 Å². The molecule has 1 atom stereocenters. The van der Waals surface area contributed by atoms with Gasteiger partial charge in [0.1, 0.15) is 11.6 Å². The topological polar surface area (TPSA) is 83.8 Å². The second-order valence-corrected chi connectivity index (χ2v) is 3.33. The molecule has 0 aromatic heterocycles. The van der Waals surface area contributed by atoms with Crippen LogP contribution in [0.25, 0.3) is 0 Å². The molecule has 1 aromatic rings. The molecule has 2 N–H and O–H groups in total. The van der Waals surface area contributed by atoms with E-state index in [1.807, 2.05) is 0 Å². The van der Waals surface area contributed by atoms with Gasteiger partial charge in [0.2, 0.25) is 0 Å². The lowest BCUT2D eigenvalue weighted by atomic mass is 10.0. The fraction of sp³-hybridized carbons (Fsp3) is 0.273. The predicted molar refractivity (Wildman–Crippen MR) is 55.0 cm³/mol. The van der Waals surface area contributed by atoms with Crippen LogP contribution in [0.5, 0.6) is 5.75 Å². The van der Waals surface area contributed by atoms with Crippen molar-refractivity contribution in [2.45, 2.75) is 12.5 Å². The maximum atomic E-state index is 12.9. The monoisotopic (exact) mass is 242 g/mol. The number of phenols is 1. The molecule has 0 aliphatic rings. The molecule has 0 saturated carbocycles. The highest BCUT2D eigenvalue weighted by atomic mass is 19.1. The van der Waals surface area contributed by atoms with Crippen LogP contribution in [-0.4, -0.2) is 35.2 Å². The maximum Gasteiger partial charge on any atom is 0.335 e. The number of hydrogen-bond donors (Lipinski definition) is 2. The van der Waals surface area contributed by atoms with Gasteiger partial charge in [-0.3, -0.25) is 4.79 Å². The van der Waals surface area contributed by atoms with E-state index in [4.69, 9.17) is 0 Å². The highest BCUT2D eigenvalue weighted by Gasteiger charge is 2.22. The van der Waals surface area contributed by atoms with Gasteiger partial charge in [-0.2, -0.15) is 0 Å². The second-order valence-electron chi connectivity index (χ2n) is 3.33. The molecule has 0 aliphatic carbocycles. The van der Waals surface area contributed by atoms with Crippen molar-refractivity contribution in [3.8, 4) is 5.75 Å².